The molecule has 9 heteroatoms. The van der Waals surface area contributed by atoms with Crippen molar-refractivity contribution in [2.75, 3.05) is 26.7 Å². The molecule has 152 valence electrons. The first-order valence-corrected chi connectivity index (χ1v) is 10.8. The molecule has 0 radical (unpaired) electrons. The van der Waals surface area contributed by atoms with Crippen LogP contribution in [0.25, 0.3) is 0 Å². The van der Waals surface area contributed by atoms with Crippen LogP contribution in [0.4, 0.5) is 0 Å². The summed E-state index contributed by atoms with van der Waals surface area (Å²) in [6, 6.07) is 13.5. The minimum Gasteiger partial charge on any atom is -0.491 e. The van der Waals surface area contributed by atoms with Gasteiger partial charge < -0.3 is 15.2 Å². The molecule has 0 aliphatic rings. The van der Waals surface area contributed by atoms with Crippen LogP contribution in [-0.4, -0.2) is 56.6 Å². The number of ether oxygens (including phenoxy) is 1. The normalized spacial score (nSPS) is 12.6. The molecule has 0 aliphatic heterocycles. The number of carbonyl (C=O) groups is 1. The summed E-state index contributed by atoms with van der Waals surface area (Å²) >= 11 is 3.25. The maximum absolute atomic E-state index is 12.5. The summed E-state index contributed by atoms with van der Waals surface area (Å²) in [7, 11) is -2.45. The average Bonchev–Trinajstić information content (AvgIpc) is 2.65. The molecule has 2 aromatic rings. The summed E-state index contributed by atoms with van der Waals surface area (Å²) in [5, 5.41) is 12.5. The second-order valence-corrected chi connectivity index (χ2v) is 9.26. The second kappa shape index (κ2) is 10.0. The molecule has 2 aromatic carbocycles. The van der Waals surface area contributed by atoms with Crippen molar-refractivity contribution < 1.29 is 23.1 Å². The van der Waals surface area contributed by atoms with Gasteiger partial charge >= 0.3 is 0 Å². The van der Waals surface area contributed by atoms with Gasteiger partial charge in [0.1, 0.15) is 18.5 Å². The maximum atomic E-state index is 12.5. The predicted octanol–water partition coefficient (Wildman–Crippen LogP) is 1.93. The van der Waals surface area contributed by atoms with Gasteiger partial charge in [-0.1, -0.05) is 28.1 Å². The molecule has 28 heavy (non-hydrogen) atoms. The van der Waals surface area contributed by atoms with Gasteiger partial charge in [0.25, 0.3) is 0 Å². The van der Waals surface area contributed by atoms with Gasteiger partial charge in [-0.05, 0) is 48.9 Å². The Kier molecular flexibility index (Phi) is 7.99. The molecule has 2 rings (SSSR count). The van der Waals surface area contributed by atoms with Crippen molar-refractivity contribution in [3.05, 3.63) is 58.6 Å². The summed E-state index contributed by atoms with van der Waals surface area (Å²) in [4.78, 5) is 12.1. The van der Waals surface area contributed by atoms with E-state index in [-0.39, 0.29) is 24.6 Å². The minimum absolute atomic E-state index is 0.0107. The summed E-state index contributed by atoms with van der Waals surface area (Å²) in [5.74, 6) is 0.114. The lowest BCUT2D eigenvalue weighted by Crippen LogP contribution is -2.42. The third kappa shape index (κ3) is 6.59. The number of sulfonamides is 1. The fourth-order valence-electron chi connectivity index (χ4n) is 2.32. The average molecular weight is 471 g/mol. The Balaban J connectivity index is 1.80. The molecule has 0 saturated heterocycles. The van der Waals surface area contributed by atoms with Crippen LogP contribution in [0.2, 0.25) is 0 Å². The molecule has 0 fully saturated rings. The molecule has 0 heterocycles. The molecule has 2 N–H and O–H groups in total. The van der Waals surface area contributed by atoms with E-state index < -0.39 is 22.0 Å². The number of benzene rings is 2. The monoisotopic (exact) mass is 470 g/mol. The zero-order valence-corrected chi connectivity index (χ0v) is 18.0. The molecule has 1 unspecified atom stereocenters. The van der Waals surface area contributed by atoms with Gasteiger partial charge in [-0.2, -0.15) is 4.31 Å². The lowest BCUT2D eigenvalue weighted by molar-refractivity contribution is -0.121. The van der Waals surface area contributed by atoms with E-state index in [1.807, 2.05) is 25.1 Å². The Bertz CT molecular complexity index is 903. The predicted molar refractivity (Wildman–Crippen MR) is 110 cm³/mol. The molecule has 0 aliphatic carbocycles. The number of aryl methyl sites for hydroxylation is 1. The van der Waals surface area contributed by atoms with Gasteiger partial charge in [-0.15, -0.1) is 0 Å². The first-order valence-electron chi connectivity index (χ1n) is 8.54. The molecule has 1 atom stereocenters. The smallest absolute Gasteiger partial charge is 0.243 e. The first-order chi connectivity index (χ1) is 13.2. The Morgan fingerprint density at radius 3 is 2.57 bits per heavy atom. The van der Waals surface area contributed by atoms with Gasteiger partial charge in [-0.3, -0.25) is 4.79 Å². The number of aliphatic hydroxyl groups is 1. The number of aliphatic hydroxyl groups excluding tert-OH is 1. The number of likely N-dealkylation sites (N-methyl/N-ethyl adjacent to an activating group) is 1. The molecule has 0 bridgehead atoms. The van der Waals surface area contributed by atoms with E-state index in [1.54, 1.807) is 18.2 Å². The van der Waals surface area contributed by atoms with Crippen molar-refractivity contribution >= 4 is 31.9 Å². The highest BCUT2D eigenvalue weighted by molar-refractivity contribution is 9.10. The van der Waals surface area contributed by atoms with Crippen LogP contribution in [0.5, 0.6) is 5.75 Å². The van der Waals surface area contributed by atoms with Crippen molar-refractivity contribution in [3.8, 4) is 5.75 Å². The zero-order chi connectivity index (χ0) is 20.7. The largest absolute Gasteiger partial charge is 0.491 e. The van der Waals surface area contributed by atoms with Gasteiger partial charge in [0.15, 0.2) is 0 Å². The highest BCUT2D eigenvalue weighted by Crippen LogP contribution is 2.17. The Labute approximate surface area is 173 Å². The highest BCUT2D eigenvalue weighted by Gasteiger charge is 2.23. The maximum Gasteiger partial charge on any atom is 0.243 e. The van der Waals surface area contributed by atoms with E-state index in [2.05, 4.69) is 21.2 Å². The Hall–Kier alpha value is -1.94. The SMILES string of the molecule is Cc1cccc(OCC(O)CNC(=O)CN(C)S(=O)(=O)c2ccc(Br)cc2)c1. The van der Waals surface area contributed by atoms with Crippen molar-refractivity contribution in [1.82, 2.24) is 9.62 Å². The van der Waals surface area contributed by atoms with Crippen molar-refractivity contribution in [2.24, 2.45) is 0 Å². The molecule has 0 spiro atoms. The van der Waals surface area contributed by atoms with Gasteiger partial charge in [-0.25, -0.2) is 8.42 Å². The van der Waals surface area contributed by atoms with Crippen LogP contribution in [-0.2, 0) is 14.8 Å². The number of amides is 1. The van der Waals surface area contributed by atoms with Gasteiger partial charge in [0.2, 0.25) is 15.9 Å². The van der Waals surface area contributed by atoms with Crippen LogP contribution in [0.3, 0.4) is 0 Å². The zero-order valence-electron chi connectivity index (χ0n) is 15.6. The Morgan fingerprint density at radius 1 is 1.25 bits per heavy atom. The van der Waals surface area contributed by atoms with E-state index in [4.69, 9.17) is 4.74 Å². The number of hydrogen-bond donors (Lipinski definition) is 2. The molecular weight excluding hydrogens is 448 g/mol. The van der Waals surface area contributed by atoms with Crippen molar-refractivity contribution in [1.29, 1.82) is 0 Å². The summed E-state index contributed by atoms with van der Waals surface area (Å²) in [6.07, 6.45) is -0.919. The number of nitrogens with one attached hydrogen (secondary N) is 1. The van der Waals surface area contributed by atoms with Crippen LogP contribution in [0.15, 0.2) is 57.9 Å². The lowest BCUT2D eigenvalue weighted by atomic mass is 10.2. The Morgan fingerprint density at radius 2 is 1.93 bits per heavy atom. The van der Waals surface area contributed by atoms with E-state index in [1.165, 1.54) is 19.2 Å². The third-order valence-corrected chi connectivity index (χ3v) is 6.20. The molecule has 1 amide bonds. The van der Waals surface area contributed by atoms with Crippen molar-refractivity contribution in [2.45, 2.75) is 17.9 Å². The van der Waals surface area contributed by atoms with E-state index in [0.29, 0.717) is 5.75 Å². The lowest BCUT2D eigenvalue weighted by Gasteiger charge is -2.18. The number of carbonyl (C=O) groups excluding carboxylic acids is 1. The second-order valence-electron chi connectivity index (χ2n) is 6.30. The fraction of sp³-hybridized carbons (Fsp3) is 0.316. The highest BCUT2D eigenvalue weighted by atomic mass is 79.9. The van der Waals surface area contributed by atoms with Crippen LogP contribution in [0, 0.1) is 6.92 Å². The third-order valence-electron chi connectivity index (χ3n) is 3.85. The van der Waals surface area contributed by atoms with Crippen LogP contribution < -0.4 is 10.1 Å². The van der Waals surface area contributed by atoms with E-state index in [9.17, 15) is 18.3 Å². The molecule has 0 saturated carbocycles. The van der Waals surface area contributed by atoms with Crippen LogP contribution in [0.1, 0.15) is 5.56 Å². The fourth-order valence-corrected chi connectivity index (χ4v) is 3.71. The summed E-state index contributed by atoms with van der Waals surface area (Å²) in [6.45, 7) is 1.54. The standard InChI is InChI=1S/C19H23BrN2O5S/c1-14-4-3-5-17(10-14)27-13-16(23)11-21-19(24)12-22(2)28(25,26)18-8-6-15(20)7-9-18/h3-10,16,23H,11-13H2,1-2H3,(H,21,24). The number of nitrogens with zero attached hydrogens (tertiary/aromatic N) is 1. The van der Waals surface area contributed by atoms with E-state index >= 15 is 0 Å². The quantitative estimate of drug-likeness (QED) is 0.583. The molecule has 7 nitrogen and oxygen atoms in total. The molecular formula is C19H23BrN2O5S. The van der Waals surface area contributed by atoms with Crippen molar-refractivity contribution in [3.63, 3.8) is 0 Å². The topological polar surface area (TPSA) is 95.9 Å². The number of halogens is 1. The number of hydrogen-bond acceptors (Lipinski definition) is 5. The summed E-state index contributed by atoms with van der Waals surface area (Å²) < 4.78 is 32.1. The van der Waals surface area contributed by atoms with Crippen LogP contribution >= 0.6 is 15.9 Å². The van der Waals surface area contributed by atoms with Gasteiger partial charge in [0, 0.05) is 18.1 Å². The number of rotatable bonds is 9. The summed E-state index contributed by atoms with van der Waals surface area (Å²) in [5.41, 5.74) is 1.04. The minimum atomic E-state index is -3.78. The van der Waals surface area contributed by atoms with Gasteiger partial charge in [0.05, 0.1) is 11.4 Å². The molecule has 0 aromatic heterocycles. The first kappa shape index (κ1) is 22.4. The van der Waals surface area contributed by atoms with E-state index in [0.717, 1.165) is 14.3 Å².